The van der Waals surface area contributed by atoms with E-state index in [1.54, 1.807) is 11.9 Å². The second-order valence-electron chi connectivity index (χ2n) is 6.63. The van der Waals surface area contributed by atoms with Crippen LogP contribution in [-0.2, 0) is 9.84 Å². The van der Waals surface area contributed by atoms with Gasteiger partial charge in [-0.2, -0.15) is 10.1 Å². The quantitative estimate of drug-likeness (QED) is 0.817. The van der Waals surface area contributed by atoms with Gasteiger partial charge in [0.05, 0.1) is 23.8 Å². The largest absolute Gasteiger partial charge is 0.491 e. The van der Waals surface area contributed by atoms with Crippen LogP contribution in [0, 0.1) is 0 Å². The molecule has 1 atom stereocenters. The zero-order valence-corrected chi connectivity index (χ0v) is 15.9. The predicted octanol–water partition coefficient (Wildman–Crippen LogP) is 2.03. The first-order valence-electron chi connectivity index (χ1n) is 8.49. The van der Waals surface area contributed by atoms with Crippen LogP contribution in [0.15, 0.2) is 30.5 Å². The highest BCUT2D eigenvalue weighted by Crippen LogP contribution is 2.22. The van der Waals surface area contributed by atoms with E-state index in [9.17, 15) is 8.42 Å². The summed E-state index contributed by atoms with van der Waals surface area (Å²) in [5, 5.41) is 11.2. The summed E-state index contributed by atoms with van der Waals surface area (Å²) >= 11 is 0. The number of rotatable bonds is 6. The molecule has 26 heavy (non-hydrogen) atoms. The van der Waals surface area contributed by atoms with Gasteiger partial charge in [-0.1, -0.05) is 0 Å². The molecule has 1 aliphatic rings. The van der Waals surface area contributed by atoms with Crippen LogP contribution in [0.4, 0.5) is 17.5 Å². The van der Waals surface area contributed by atoms with Gasteiger partial charge in [0.1, 0.15) is 5.75 Å². The topological polar surface area (TPSA) is 97.3 Å². The van der Waals surface area contributed by atoms with Gasteiger partial charge in [0.2, 0.25) is 5.95 Å². The fraction of sp³-hybridized carbons (Fsp3) is 0.471. The second-order valence-corrected chi connectivity index (χ2v) is 8.85. The van der Waals surface area contributed by atoms with E-state index in [0.29, 0.717) is 18.2 Å². The first kappa shape index (κ1) is 18.4. The van der Waals surface area contributed by atoms with Crippen LogP contribution in [0.2, 0.25) is 0 Å². The van der Waals surface area contributed by atoms with Gasteiger partial charge in [-0.05, 0) is 44.5 Å². The standard InChI is InChI=1S/C17H23N5O3S/c1-12(2)25-15-6-4-13(5-7-15)19-16-10-18-21-17(20-16)22(3)14-8-9-26(23,24)11-14/h4-7,10,12,14H,8-9,11H2,1-3H3,(H,19,20,21). The maximum absolute atomic E-state index is 11.7. The first-order chi connectivity index (χ1) is 12.3. The zero-order chi connectivity index (χ0) is 18.7. The SMILES string of the molecule is CC(C)Oc1ccc(Nc2cnnc(N(C)C3CCS(=O)(=O)C3)n2)cc1. The summed E-state index contributed by atoms with van der Waals surface area (Å²) in [5.41, 5.74) is 0.846. The van der Waals surface area contributed by atoms with Gasteiger partial charge in [-0.15, -0.1) is 5.10 Å². The molecule has 2 heterocycles. The van der Waals surface area contributed by atoms with E-state index in [2.05, 4.69) is 20.5 Å². The van der Waals surface area contributed by atoms with Gasteiger partial charge in [0, 0.05) is 18.8 Å². The monoisotopic (exact) mass is 377 g/mol. The number of nitrogens with zero attached hydrogens (tertiary/aromatic N) is 4. The van der Waals surface area contributed by atoms with Crippen molar-refractivity contribution < 1.29 is 13.2 Å². The molecule has 1 aliphatic heterocycles. The molecule has 3 rings (SSSR count). The minimum absolute atomic E-state index is 0.121. The summed E-state index contributed by atoms with van der Waals surface area (Å²) in [6.07, 6.45) is 2.23. The van der Waals surface area contributed by atoms with Crippen molar-refractivity contribution in [2.24, 2.45) is 0 Å². The lowest BCUT2D eigenvalue weighted by Crippen LogP contribution is -2.34. The van der Waals surface area contributed by atoms with Crippen LogP contribution in [0.1, 0.15) is 20.3 Å². The first-order valence-corrected chi connectivity index (χ1v) is 10.3. The summed E-state index contributed by atoms with van der Waals surface area (Å²) in [7, 11) is -1.17. The Labute approximate surface area is 153 Å². The van der Waals surface area contributed by atoms with Crippen molar-refractivity contribution in [1.82, 2.24) is 15.2 Å². The summed E-state index contributed by atoms with van der Waals surface area (Å²) < 4.78 is 29.0. The van der Waals surface area contributed by atoms with Gasteiger partial charge < -0.3 is 15.0 Å². The van der Waals surface area contributed by atoms with Crippen molar-refractivity contribution in [3.05, 3.63) is 30.5 Å². The Bertz CT molecular complexity index is 855. The molecule has 0 aliphatic carbocycles. The van der Waals surface area contributed by atoms with Gasteiger partial charge in [-0.3, -0.25) is 0 Å². The zero-order valence-electron chi connectivity index (χ0n) is 15.1. The Hall–Kier alpha value is -2.42. The number of hydrogen-bond acceptors (Lipinski definition) is 8. The molecule has 1 aromatic heterocycles. The number of nitrogens with one attached hydrogen (secondary N) is 1. The third-order valence-corrected chi connectivity index (χ3v) is 5.87. The molecule has 0 spiro atoms. The number of sulfone groups is 1. The average molecular weight is 377 g/mol. The molecule has 140 valence electrons. The maximum Gasteiger partial charge on any atom is 0.247 e. The van der Waals surface area contributed by atoms with Crippen LogP contribution >= 0.6 is 0 Å². The van der Waals surface area contributed by atoms with Crippen LogP contribution in [-0.4, -0.2) is 54.3 Å². The molecular weight excluding hydrogens is 354 g/mol. The van der Waals surface area contributed by atoms with Crippen molar-refractivity contribution in [3.63, 3.8) is 0 Å². The number of benzene rings is 1. The van der Waals surface area contributed by atoms with E-state index in [1.165, 1.54) is 6.20 Å². The van der Waals surface area contributed by atoms with Gasteiger partial charge in [0.25, 0.3) is 0 Å². The molecule has 1 N–H and O–H groups in total. The van der Waals surface area contributed by atoms with E-state index < -0.39 is 9.84 Å². The van der Waals surface area contributed by atoms with Crippen LogP contribution in [0.5, 0.6) is 5.75 Å². The number of anilines is 3. The molecule has 8 nitrogen and oxygen atoms in total. The molecule has 1 unspecified atom stereocenters. The Morgan fingerprint density at radius 3 is 2.62 bits per heavy atom. The molecule has 0 bridgehead atoms. The van der Waals surface area contributed by atoms with Gasteiger partial charge >= 0.3 is 0 Å². The number of ether oxygens (including phenoxy) is 1. The molecule has 1 saturated heterocycles. The summed E-state index contributed by atoms with van der Waals surface area (Å²) in [5.74, 6) is 2.08. The lowest BCUT2D eigenvalue weighted by Gasteiger charge is -2.22. The normalized spacial score (nSPS) is 18.7. The van der Waals surface area contributed by atoms with Crippen molar-refractivity contribution in [3.8, 4) is 5.75 Å². The number of hydrogen-bond donors (Lipinski definition) is 1. The van der Waals surface area contributed by atoms with E-state index in [-0.39, 0.29) is 23.7 Å². The molecule has 1 fully saturated rings. The van der Waals surface area contributed by atoms with E-state index in [4.69, 9.17) is 4.74 Å². The van der Waals surface area contributed by atoms with Crippen molar-refractivity contribution in [2.45, 2.75) is 32.4 Å². The fourth-order valence-corrected chi connectivity index (χ4v) is 4.56. The van der Waals surface area contributed by atoms with Crippen molar-refractivity contribution in [1.29, 1.82) is 0 Å². The number of aromatic nitrogens is 3. The summed E-state index contributed by atoms with van der Waals surface area (Å²) in [6.45, 7) is 3.96. The van der Waals surface area contributed by atoms with E-state index >= 15 is 0 Å². The lowest BCUT2D eigenvalue weighted by molar-refractivity contribution is 0.242. The van der Waals surface area contributed by atoms with E-state index in [1.807, 2.05) is 38.1 Å². The van der Waals surface area contributed by atoms with Gasteiger partial charge in [-0.25, -0.2) is 8.42 Å². The third kappa shape index (κ3) is 4.60. The fourth-order valence-electron chi connectivity index (χ4n) is 2.78. The Kier molecular flexibility index (Phi) is 5.26. The van der Waals surface area contributed by atoms with Crippen molar-refractivity contribution in [2.75, 3.05) is 28.8 Å². The molecule has 0 radical (unpaired) electrons. The van der Waals surface area contributed by atoms with Crippen LogP contribution in [0.25, 0.3) is 0 Å². The highest BCUT2D eigenvalue weighted by atomic mass is 32.2. The van der Waals surface area contributed by atoms with Gasteiger partial charge in [0.15, 0.2) is 15.7 Å². The minimum Gasteiger partial charge on any atom is -0.491 e. The smallest absolute Gasteiger partial charge is 0.247 e. The predicted molar refractivity (Wildman–Crippen MR) is 101 cm³/mol. The van der Waals surface area contributed by atoms with Crippen LogP contribution in [0.3, 0.4) is 0 Å². The van der Waals surface area contributed by atoms with Crippen LogP contribution < -0.4 is 15.0 Å². The summed E-state index contributed by atoms with van der Waals surface area (Å²) in [4.78, 5) is 6.23. The molecular formula is C17H23N5O3S. The Morgan fingerprint density at radius 2 is 2.00 bits per heavy atom. The highest BCUT2D eigenvalue weighted by Gasteiger charge is 2.31. The molecule has 1 aromatic carbocycles. The summed E-state index contributed by atoms with van der Waals surface area (Å²) in [6, 6.07) is 7.43. The third-order valence-electron chi connectivity index (χ3n) is 4.12. The molecule has 9 heteroatoms. The highest BCUT2D eigenvalue weighted by molar-refractivity contribution is 7.91. The van der Waals surface area contributed by atoms with Crippen molar-refractivity contribution >= 4 is 27.3 Å². The molecule has 0 amide bonds. The Balaban J connectivity index is 1.69. The molecule has 2 aromatic rings. The minimum atomic E-state index is -2.97. The van der Waals surface area contributed by atoms with E-state index in [0.717, 1.165) is 11.4 Å². The molecule has 0 saturated carbocycles. The Morgan fingerprint density at radius 1 is 1.27 bits per heavy atom. The average Bonchev–Trinajstić information content (AvgIpc) is 2.96. The maximum atomic E-state index is 11.7. The lowest BCUT2D eigenvalue weighted by atomic mass is 10.2. The second kappa shape index (κ2) is 7.45.